The van der Waals surface area contributed by atoms with Crippen LogP contribution in [-0.2, 0) is 5.75 Å². The second kappa shape index (κ2) is 4.45. The van der Waals surface area contributed by atoms with Gasteiger partial charge in [0.05, 0.1) is 7.11 Å². The lowest BCUT2D eigenvalue weighted by Crippen LogP contribution is -2.14. The molecular weight excluding hydrogens is 206 g/mol. The van der Waals surface area contributed by atoms with Crippen LogP contribution in [0.5, 0.6) is 5.75 Å². The summed E-state index contributed by atoms with van der Waals surface area (Å²) in [6.45, 7) is 2.24. The lowest BCUT2D eigenvalue weighted by Gasteiger charge is -2.14. The predicted molar refractivity (Wildman–Crippen MR) is 65.3 cm³/mol. The van der Waals surface area contributed by atoms with Gasteiger partial charge in [0.15, 0.2) is 0 Å². The highest BCUT2D eigenvalue weighted by atomic mass is 32.2. The second-order valence-corrected chi connectivity index (χ2v) is 5.46. The molecule has 1 aromatic rings. The van der Waals surface area contributed by atoms with Crippen LogP contribution in [-0.4, -0.2) is 12.4 Å². The maximum absolute atomic E-state index is 6.19. The van der Waals surface area contributed by atoms with Crippen molar-refractivity contribution in [2.75, 3.05) is 7.11 Å². The van der Waals surface area contributed by atoms with Crippen LogP contribution in [0.4, 0.5) is 0 Å². The fourth-order valence-corrected chi connectivity index (χ4v) is 3.03. The Kier molecular flexibility index (Phi) is 3.22. The summed E-state index contributed by atoms with van der Waals surface area (Å²) < 4.78 is 5.23. The molecule has 2 N–H and O–H groups in total. The maximum Gasteiger partial charge on any atom is 0.119 e. The van der Waals surface area contributed by atoms with E-state index in [2.05, 4.69) is 19.1 Å². The average molecular weight is 223 g/mol. The largest absolute Gasteiger partial charge is 0.497 e. The molecule has 2 rings (SSSR count). The van der Waals surface area contributed by atoms with Gasteiger partial charge in [-0.05, 0) is 29.7 Å². The fraction of sp³-hybridized carbons (Fsp3) is 0.500. The highest BCUT2D eigenvalue weighted by molar-refractivity contribution is 7.99. The molecule has 0 aromatic heterocycles. The Morgan fingerprint density at radius 2 is 2.27 bits per heavy atom. The van der Waals surface area contributed by atoms with Crippen molar-refractivity contribution in [3.8, 4) is 5.75 Å². The number of benzene rings is 1. The van der Waals surface area contributed by atoms with E-state index in [9.17, 15) is 0 Å². The van der Waals surface area contributed by atoms with E-state index >= 15 is 0 Å². The number of rotatable bonds is 1. The molecule has 1 aliphatic heterocycles. The third kappa shape index (κ3) is 2.29. The molecule has 0 aliphatic carbocycles. The zero-order valence-electron chi connectivity index (χ0n) is 9.19. The molecule has 0 spiro atoms. The van der Waals surface area contributed by atoms with Gasteiger partial charge in [-0.25, -0.2) is 0 Å². The molecular formula is C12H17NOS. The molecule has 0 amide bonds. The maximum atomic E-state index is 6.19. The van der Waals surface area contributed by atoms with E-state index in [1.54, 1.807) is 7.11 Å². The van der Waals surface area contributed by atoms with E-state index < -0.39 is 0 Å². The number of thioether (sulfide) groups is 1. The summed E-state index contributed by atoms with van der Waals surface area (Å²) >= 11 is 1.98. The van der Waals surface area contributed by atoms with E-state index in [0.717, 1.165) is 17.9 Å². The Hall–Kier alpha value is -0.670. The Balaban J connectivity index is 2.36. The summed E-state index contributed by atoms with van der Waals surface area (Å²) in [7, 11) is 1.70. The molecule has 0 radical (unpaired) electrons. The molecule has 0 fully saturated rings. The standard InChI is InChI=1S/C12H17NOS/c1-8-5-12(13)11-6-10(14-2)4-3-9(11)7-15-8/h3-4,6,8,12H,5,7,13H2,1-2H3/t8?,12-/m1/s1. The third-order valence-electron chi connectivity index (χ3n) is 2.86. The SMILES string of the molecule is COc1ccc2c(c1)[C@H](N)CC(C)SC2. The van der Waals surface area contributed by atoms with Crippen molar-refractivity contribution in [3.05, 3.63) is 29.3 Å². The topological polar surface area (TPSA) is 35.2 Å². The Morgan fingerprint density at radius 1 is 1.47 bits per heavy atom. The number of nitrogens with two attached hydrogens (primary N) is 1. The summed E-state index contributed by atoms with van der Waals surface area (Å²) in [5.74, 6) is 1.97. The molecule has 0 saturated carbocycles. The molecule has 1 aromatic carbocycles. The van der Waals surface area contributed by atoms with Crippen molar-refractivity contribution in [3.63, 3.8) is 0 Å². The summed E-state index contributed by atoms with van der Waals surface area (Å²) in [5, 5.41) is 0.637. The Bertz CT molecular complexity index is 353. The summed E-state index contributed by atoms with van der Waals surface area (Å²) in [5.41, 5.74) is 8.81. The fourth-order valence-electron chi connectivity index (χ4n) is 1.96. The zero-order chi connectivity index (χ0) is 10.8. The lowest BCUT2D eigenvalue weighted by molar-refractivity contribution is 0.413. The van der Waals surface area contributed by atoms with Gasteiger partial charge < -0.3 is 10.5 Å². The van der Waals surface area contributed by atoms with Gasteiger partial charge in [-0.3, -0.25) is 0 Å². The minimum Gasteiger partial charge on any atom is -0.497 e. The Labute approximate surface area is 95.2 Å². The third-order valence-corrected chi connectivity index (χ3v) is 4.10. The lowest BCUT2D eigenvalue weighted by atomic mass is 9.98. The van der Waals surface area contributed by atoms with Crippen LogP contribution in [0.2, 0.25) is 0 Å². The van der Waals surface area contributed by atoms with Crippen molar-refractivity contribution >= 4 is 11.8 Å². The van der Waals surface area contributed by atoms with E-state index in [-0.39, 0.29) is 6.04 Å². The van der Waals surface area contributed by atoms with Crippen molar-refractivity contribution in [2.45, 2.75) is 30.4 Å². The first kappa shape index (κ1) is 10.8. The number of fused-ring (bicyclic) bond motifs is 1. The Morgan fingerprint density at radius 3 is 3.00 bits per heavy atom. The molecule has 82 valence electrons. The molecule has 15 heavy (non-hydrogen) atoms. The number of ether oxygens (including phenoxy) is 1. The number of methoxy groups -OCH3 is 1. The number of hydrogen-bond donors (Lipinski definition) is 1. The van der Waals surface area contributed by atoms with Crippen LogP contribution in [0.1, 0.15) is 30.5 Å². The van der Waals surface area contributed by atoms with Gasteiger partial charge in [0.25, 0.3) is 0 Å². The average Bonchev–Trinajstić information content (AvgIpc) is 2.38. The first-order valence-electron chi connectivity index (χ1n) is 5.24. The van der Waals surface area contributed by atoms with Gasteiger partial charge in [0.2, 0.25) is 0 Å². The van der Waals surface area contributed by atoms with E-state index in [4.69, 9.17) is 10.5 Å². The minimum atomic E-state index is 0.153. The van der Waals surface area contributed by atoms with Crippen molar-refractivity contribution in [1.29, 1.82) is 0 Å². The zero-order valence-corrected chi connectivity index (χ0v) is 10.0. The molecule has 2 atom stereocenters. The van der Waals surface area contributed by atoms with E-state index in [1.807, 2.05) is 17.8 Å². The quantitative estimate of drug-likeness (QED) is 0.795. The van der Waals surface area contributed by atoms with Crippen LogP contribution in [0.15, 0.2) is 18.2 Å². The van der Waals surface area contributed by atoms with Crippen LogP contribution in [0.3, 0.4) is 0 Å². The van der Waals surface area contributed by atoms with Gasteiger partial charge in [0, 0.05) is 17.0 Å². The molecule has 1 aliphatic rings. The predicted octanol–water partition coefficient (Wildman–Crippen LogP) is 2.72. The first-order chi connectivity index (χ1) is 7.20. The van der Waals surface area contributed by atoms with Crippen LogP contribution in [0.25, 0.3) is 0 Å². The monoisotopic (exact) mass is 223 g/mol. The minimum absolute atomic E-state index is 0.153. The molecule has 1 unspecified atom stereocenters. The summed E-state index contributed by atoms with van der Waals surface area (Å²) in [4.78, 5) is 0. The highest BCUT2D eigenvalue weighted by Gasteiger charge is 2.20. The summed E-state index contributed by atoms with van der Waals surface area (Å²) in [6.07, 6.45) is 1.05. The molecule has 3 heteroatoms. The van der Waals surface area contributed by atoms with Crippen LogP contribution >= 0.6 is 11.8 Å². The van der Waals surface area contributed by atoms with E-state index in [0.29, 0.717) is 5.25 Å². The van der Waals surface area contributed by atoms with E-state index in [1.165, 1.54) is 11.1 Å². The summed E-state index contributed by atoms with van der Waals surface area (Å²) in [6, 6.07) is 6.39. The molecule has 1 heterocycles. The first-order valence-corrected chi connectivity index (χ1v) is 6.29. The van der Waals surface area contributed by atoms with Gasteiger partial charge in [0.1, 0.15) is 5.75 Å². The molecule has 0 saturated heterocycles. The second-order valence-electron chi connectivity index (χ2n) is 4.03. The van der Waals surface area contributed by atoms with Crippen LogP contribution in [0, 0.1) is 0 Å². The van der Waals surface area contributed by atoms with Gasteiger partial charge in [-0.15, -0.1) is 0 Å². The molecule has 2 nitrogen and oxygen atoms in total. The molecule has 0 bridgehead atoms. The van der Waals surface area contributed by atoms with Crippen LogP contribution < -0.4 is 10.5 Å². The van der Waals surface area contributed by atoms with Gasteiger partial charge >= 0.3 is 0 Å². The van der Waals surface area contributed by atoms with Gasteiger partial charge in [-0.2, -0.15) is 11.8 Å². The van der Waals surface area contributed by atoms with Gasteiger partial charge in [-0.1, -0.05) is 13.0 Å². The number of hydrogen-bond acceptors (Lipinski definition) is 3. The van der Waals surface area contributed by atoms with Crippen molar-refractivity contribution < 1.29 is 4.74 Å². The normalized spacial score (nSPS) is 25.5. The smallest absolute Gasteiger partial charge is 0.119 e. The highest BCUT2D eigenvalue weighted by Crippen LogP contribution is 2.35. The van der Waals surface area contributed by atoms with Crippen molar-refractivity contribution in [2.24, 2.45) is 5.73 Å². The van der Waals surface area contributed by atoms with Crippen molar-refractivity contribution in [1.82, 2.24) is 0 Å².